The van der Waals surface area contributed by atoms with Crippen molar-refractivity contribution in [3.8, 4) is 11.4 Å². The fourth-order valence-corrected chi connectivity index (χ4v) is 2.38. The Morgan fingerprint density at radius 3 is 2.61 bits per heavy atom. The Kier molecular flexibility index (Phi) is 6.04. The van der Waals surface area contributed by atoms with E-state index in [0.717, 1.165) is 5.56 Å². The van der Waals surface area contributed by atoms with E-state index in [1.54, 1.807) is 12.4 Å². The molecular weight excluding hydrogens is 316 g/mol. The van der Waals surface area contributed by atoms with Gasteiger partial charge in [-0.15, -0.1) is 12.4 Å². The van der Waals surface area contributed by atoms with Gasteiger partial charge in [0.05, 0.1) is 30.8 Å². The topological polar surface area (TPSA) is 76.1 Å². The maximum absolute atomic E-state index is 12.2. The first-order chi connectivity index (χ1) is 10.7. The van der Waals surface area contributed by atoms with E-state index in [0.29, 0.717) is 24.7 Å². The number of nitrogens with one attached hydrogen (secondary N) is 2. The predicted octanol–water partition coefficient (Wildman–Crippen LogP) is 1.88. The van der Waals surface area contributed by atoms with Gasteiger partial charge in [-0.25, -0.2) is 9.97 Å². The highest BCUT2D eigenvalue weighted by Crippen LogP contribution is 2.15. The van der Waals surface area contributed by atoms with Crippen molar-refractivity contribution in [2.75, 3.05) is 18.5 Å². The highest BCUT2D eigenvalue weighted by molar-refractivity contribution is 5.95. The highest BCUT2D eigenvalue weighted by atomic mass is 35.5. The quantitative estimate of drug-likeness (QED) is 0.896. The minimum atomic E-state index is -0.359. The molecule has 2 N–H and O–H groups in total. The minimum absolute atomic E-state index is 0. The van der Waals surface area contributed by atoms with Crippen LogP contribution in [0.25, 0.3) is 11.4 Å². The molecule has 23 heavy (non-hydrogen) atoms. The normalized spacial score (nSPS) is 20.4. The Morgan fingerprint density at radius 2 is 1.96 bits per heavy atom. The number of anilines is 1. The molecule has 7 heteroatoms. The van der Waals surface area contributed by atoms with Crippen molar-refractivity contribution in [2.45, 2.75) is 19.1 Å². The van der Waals surface area contributed by atoms with E-state index in [2.05, 4.69) is 20.6 Å². The lowest BCUT2D eigenvalue weighted by atomic mass is 10.1. The molecule has 1 aliphatic rings. The van der Waals surface area contributed by atoms with E-state index in [4.69, 9.17) is 4.74 Å². The van der Waals surface area contributed by atoms with E-state index in [-0.39, 0.29) is 30.5 Å². The summed E-state index contributed by atoms with van der Waals surface area (Å²) in [6.07, 6.45) is 3.07. The number of carbonyl (C=O) groups excluding carboxylic acids is 1. The van der Waals surface area contributed by atoms with Crippen molar-refractivity contribution >= 4 is 24.0 Å². The van der Waals surface area contributed by atoms with Crippen LogP contribution in [0.5, 0.6) is 0 Å². The van der Waals surface area contributed by atoms with E-state index >= 15 is 0 Å². The number of amides is 1. The van der Waals surface area contributed by atoms with Crippen LogP contribution in [0.3, 0.4) is 0 Å². The van der Waals surface area contributed by atoms with Gasteiger partial charge in [0.2, 0.25) is 5.91 Å². The molecular formula is C16H19ClN4O2. The molecule has 0 aliphatic carbocycles. The third-order valence-corrected chi connectivity index (χ3v) is 3.55. The van der Waals surface area contributed by atoms with Gasteiger partial charge in [0.25, 0.3) is 0 Å². The molecule has 2 aromatic rings. The third-order valence-electron chi connectivity index (χ3n) is 3.55. The lowest BCUT2D eigenvalue weighted by molar-refractivity contribution is -0.123. The molecule has 1 aromatic heterocycles. The van der Waals surface area contributed by atoms with Crippen molar-refractivity contribution in [3.63, 3.8) is 0 Å². The second kappa shape index (κ2) is 8.01. The van der Waals surface area contributed by atoms with Gasteiger partial charge in [-0.05, 0) is 6.92 Å². The third kappa shape index (κ3) is 4.25. The Balaban J connectivity index is 0.00000192. The number of halogens is 1. The Hall–Kier alpha value is -2.02. The fraction of sp³-hybridized carbons (Fsp3) is 0.312. The zero-order chi connectivity index (χ0) is 15.4. The molecule has 1 aromatic carbocycles. The van der Waals surface area contributed by atoms with Gasteiger partial charge in [0.1, 0.15) is 6.04 Å². The maximum Gasteiger partial charge on any atom is 0.244 e. The van der Waals surface area contributed by atoms with Crippen LogP contribution < -0.4 is 10.6 Å². The molecule has 3 rings (SSSR count). The van der Waals surface area contributed by atoms with Crippen LogP contribution in [-0.4, -0.2) is 41.2 Å². The highest BCUT2D eigenvalue weighted by Gasteiger charge is 2.28. The summed E-state index contributed by atoms with van der Waals surface area (Å²) < 4.78 is 5.47. The number of rotatable bonds is 3. The smallest absolute Gasteiger partial charge is 0.244 e. The summed E-state index contributed by atoms with van der Waals surface area (Å²) in [6, 6.07) is 9.34. The number of nitrogens with zero attached hydrogens (tertiary/aromatic N) is 2. The summed E-state index contributed by atoms with van der Waals surface area (Å²) in [6.45, 7) is 3.18. The average molecular weight is 335 g/mol. The molecule has 0 saturated carbocycles. The van der Waals surface area contributed by atoms with E-state index in [1.165, 1.54) is 0 Å². The molecule has 1 aliphatic heterocycles. The molecule has 1 fully saturated rings. The van der Waals surface area contributed by atoms with Crippen molar-refractivity contribution < 1.29 is 9.53 Å². The molecule has 2 atom stereocenters. The van der Waals surface area contributed by atoms with Crippen molar-refractivity contribution in [1.82, 2.24) is 15.3 Å². The molecule has 0 radical (unpaired) electrons. The van der Waals surface area contributed by atoms with Crippen molar-refractivity contribution in [2.24, 2.45) is 0 Å². The van der Waals surface area contributed by atoms with Crippen LogP contribution in [-0.2, 0) is 9.53 Å². The first-order valence-corrected chi connectivity index (χ1v) is 7.27. The van der Waals surface area contributed by atoms with Crippen LogP contribution in [0.4, 0.5) is 5.69 Å². The second-order valence-corrected chi connectivity index (χ2v) is 5.16. The van der Waals surface area contributed by atoms with E-state index in [1.807, 2.05) is 37.3 Å². The van der Waals surface area contributed by atoms with Crippen LogP contribution in [0.1, 0.15) is 6.92 Å². The lowest BCUT2D eigenvalue weighted by Crippen LogP contribution is -2.53. The number of ether oxygens (including phenoxy) is 1. The minimum Gasteiger partial charge on any atom is -0.375 e. The molecule has 122 valence electrons. The van der Waals surface area contributed by atoms with Gasteiger partial charge in [-0.3, -0.25) is 4.79 Å². The summed E-state index contributed by atoms with van der Waals surface area (Å²) in [5.74, 6) is 0.495. The maximum atomic E-state index is 12.2. The molecule has 1 saturated heterocycles. The molecule has 0 bridgehead atoms. The summed E-state index contributed by atoms with van der Waals surface area (Å²) >= 11 is 0. The zero-order valence-electron chi connectivity index (χ0n) is 12.7. The van der Waals surface area contributed by atoms with Gasteiger partial charge in [-0.2, -0.15) is 0 Å². The molecule has 0 spiro atoms. The monoisotopic (exact) mass is 334 g/mol. The van der Waals surface area contributed by atoms with E-state index < -0.39 is 0 Å². The summed E-state index contributed by atoms with van der Waals surface area (Å²) in [5, 5.41) is 5.96. The number of hydrogen-bond acceptors (Lipinski definition) is 5. The number of carbonyl (C=O) groups is 1. The molecule has 0 unspecified atom stereocenters. The van der Waals surface area contributed by atoms with Crippen LogP contribution >= 0.6 is 12.4 Å². The average Bonchev–Trinajstić information content (AvgIpc) is 2.57. The predicted molar refractivity (Wildman–Crippen MR) is 90.6 cm³/mol. The van der Waals surface area contributed by atoms with Gasteiger partial charge < -0.3 is 15.4 Å². The number of aromatic nitrogens is 2. The first kappa shape index (κ1) is 17.3. The van der Waals surface area contributed by atoms with Gasteiger partial charge >= 0.3 is 0 Å². The Labute approximate surface area is 141 Å². The summed E-state index contributed by atoms with van der Waals surface area (Å²) in [7, 11) is 0. The lowest BCUT2D eigenvalue weighted by Gasteiger charge is -2.29. The Morgan fingerprint density at radius 1 is 1.26 bits per heavy atom. The van der Waals surface area contributed by atoms with Gasteiger partial charge in [-0.1, -0.05) is 30.3 Å². The number of benzene rings is 1. The fourth-order valence-electron chi connectivity index (χ4n) is 2.38. The number of morpholine rings is 1. The largest absolute Gasteiger partial charge is 0.375 e. The van der Waals surface area contributed by atoms with Crippen molar-refractivity contribution in [1.29, 1.82) is 0 Å². The van der Waals surface area contributed by atoms with Gasteiger partial charge in [0, 0.05) is 12.1 Å². The standard InChI is InChI=1S/C16H18N4O2.ClH/c1-11-14(17-7-8-22-11)16(21)20-13-9-18-15(19-10-13)12-5-3-2-4-6-12;/h2-6,9-11,14,17H,7-8H2,1H3,(H,20,21);1H/t11-,14+;/m1./s1. The van der Waals surface area contributed by atoms with Crippen LogP contribution in [0.15, 0.2) is 42.7 Å². The first-order valence-electron chi connectivity index (χ1n) is 7.27. The molecule has 6 nitrogen and oxygen atoms in total. The Bertz CT molecular complexity index is 636. The van der Waals surface area contributed by atoms with Crippen LogP contribution in [0.2, 0.25) is 0 Å². The SMILES string of the molecule is C[C@H]1OCCN[C@@H]1C(=O)Nc1cnc(-c2ccccc2)nc1.Cl. The number of hydrogen-bond donors (Lipinski definition) is 2. The second-order valence-electron chi connectivity index (χ2n) is 5.16. The summed E-state index contributed by atoms with van der Waals surface area (Å²) in [5.41, 5.74) is 1.51. The van der Waals surface area contributed by atoms with Crippen LogP contribution in [0, 0.1) is 0 Å². The molecule has 1 amide bonds. The summed E-state index contributed by atoms with van der Waals surface area (Å²) in [4.78, 5) is 20.8. The zero-order valence-corrected chi connectivity index (χ0v) is 13.5. The van der Waals surface area contributed by atoms with E-state index in [9.17, 15) is 4.79 Å². The van der Waals surface area contributed by atoms with Gasteiger partial charge in [0.15, 0.2) is 5.82 Å². The molecule has 2 heterocycles. The van der Waals surface area contributed by atoms with Crippen molar-refractivity contribution in [3.05, 3.63) is 42.7 Å².